The number of hydrogen-bond acceptors (Lipinski definition) is 2. The number of carbonyl (C=O) groups excluding carboxylic acids is 1. The van der Waals surface area contributed by atoms with Gasteiger partial charge in [-0.3, -0.25) is 4.79 Å². The van der Waals surface area contributed by atoms with Crippen LogP contribution in [-0.2, 0) is 4.79 Å². The molecule has 0 aromatic heterocycles. The van der Waals surface area contributed by atoms with E-state index >= 15 is 0 Å². The molecule has 1 unspecified atom stereocenters. The molecule has 0 radical (unpaired) electrons. The smallest absolute Gasteiger partial charge is 0.244 e. The standard InChI is InChI=1S/C18H19NO2/c1-14-6-5-7-15(12-14)10-11-18(21)19-17(13-20)16-8-3-2-4-9-16/h2-12,17,20H,13H2,1H3,(H,19,21). The third-order valence-corrected chi connectivity index (χ3v) is 3.17. The lowest BCUT2D eigenvalue weighted by molar-refractivity contribution is -0.117. The van der Waals surface area contributed by atoms with Crippen LogP contribution in [0.5, 0.6) is 0 Å². The molecule has 0 bridgehead atoms. The molecule has 0 aliphatic rings. The SMILES string of the molecule is Cc1cccc(C=CC(=O)NC(CO)c2ccccc2)c1. The van der Waals surface area contributed by atoms with Crippen molar-refractivity contribution in [3.05, 3.63) is 77.4 Å². The average Bonchev–Trinajstić information content (AvgIpc) is 2.51. The number of hydrogen-bond donors (Lipinski definition) is 2. The molecule has 0 heterocycles. The number of rotatable bonds is 5. The Morgan fingerprint density at radius 1 is 1.19 bits per heavy atom. The van der Waals surface area contributed by atoms with Crippen molar-refractivity contribution in [3.63, 3.8) is 0 Å². The lowest BCUT2D eigenvalue weighted by atomic mass is 10.1. The van der Waals surface area contributed by atoms with E-state index in [1.165, 1.54) is 6.08 Å². The van der Waals surface area contributed by atoms with Crippen LogP contribution in [-0.4, -0.2) is 17.6 Å². The van der Waals surface area contributed by atoms with Gasteiger partial charge in [-0.2, -0.15) is 0 Å². The molecular formula is C18H19NO2. The molecule has 2 rings (SSSR count). The molecule has 2 N–H and O–H groups in total. The van der Waals surface area contributed by atoms with Crippen LogP contribution in [0.25, 0.3) is 6.08 Å². The summed E-state index contributed by atoms with van der Waals surface area (Å²) in [5.41, 5.74) is 3.01. The summed E-state index contributed by atoms with van der Waals surface area (Å²) in [7, 11) is 0. The predicted octanol–water partition coefficient (Wildman–Crippen LogP) is 2.86. The van der Waals surface area contributed by atoms with Gasteiger partial charge in [0.25, 0.3) is 0 Å². The average molecular weight is 281 g/mol. The molecule has 0 aliphatic carbocycles. The molecule has 2 aromatic rings. The van der Waals surface area contributed by atoms with Crippen LogP contribution < -0.4 is 5.32 Å². The zero-order valence-electron chi connectivity index (χ0n) is 12.0. The quantitative estimate of drug-likeness (QED) is 0.828. The van der Waals surface area contributed by atoms with E-state index in [1.807, 2.05) is 61.5 Å². The molecule has 1 amide bonds. The van der Waals surface area contributed by atoms with E-state index in [0.717, 1.165) is 16.7 Å². The predicted molar refractivity (Wildman–Crippen MR) is 84.6 cm³/mol. The first kappa shape index (κ1) is 15.0. The van der Waals surface area contributed by atoms with Gasteiger partial charge in [0, 0.05) is 6.08 Å². The van der Waals surface area contributed by atoms with Gasteiger partial charge in [0.15, 0.2) is 0 Å². The second-order valence-electron chi connectivity index (χ2n) is 4.90. The minimum atomic E-state index is -0.388. The number of benzene rings is 2. The van der Waals surface area contributed by atoms with Gasteiger partial charge in [0.2, 0.25) is 5.91 Å². The molecule has 2 aromatic carbocycles. The summed E-state index contributed by atoms with van der Waals surface area (Å²) in [6.07, 6.45) is 3.25. The monoisotopic (exact) mass is 281 g/mol. The van der Waals surface area contributed by atoms with E-state index in [1.54, 1.807) is 6.08 Å². The van der Waals surface area contributed by atoms with Gasteiger partial charge in [-0.1, -0.05) is 60.2 Å². The zero-order chi connectivity index (χ0) is 15.1. The Morgan fingerprint density at radius 3 is 2.62 bits per heavy atom. The Kier molecular flexibility index (Phi) is 5.29. The van der Waals surface area contributed by atoms with Crippen LogP contribution in [0.1, 0.15) is 22.7 Å². The van der Waals surface area contributed by atoms with Crippen molar-refractivity contribution in [1.29, 1.82) is 0 Å². The van der Waals surface area contributed by atoms with E-state index in [4.69, 9.17) is 0 Å². The van der Waals surface area contributed by atoms with Crippen molar-refractivity contribution in [2.75, 3.05) is 6.61 Å². The van der Waals surface area contributed by atoms with Crippen LogP contribution in [0.3, 0.4) is 0 Å². The highest BCUT2D eigenvalue weighted by Gasteiger charge is 2.11. The van der Waals surface area contributed by atoms with Gasteiger partial charge in [-0.25, -0.2) is 0 Å². The first-order valence-corrected chi connectivity index (χ1v) is 6.90. The summed E-state index contributed by atoms with van der Waals surface area (Å²) in [5, 5.41) is 12.2. The van der Waals surface area contributed by atoms with Crippen molar-refractivity contribution < 1.29 is 9.90 Å². The molecule has 1 atom stereocenters. The van der Waals surface area contributed by atoms with Crippen LogP contribution >= 0.6 is 0 Å². The Labute approximate surface area is 124 Å². The third-order valence-electron chi connectivity index (χ3n) is 3.17. The molecular weight excluding hydrogens is 262 g/mol. The highest BCUT2D eigenvalue weighted by Crippen LogP contribution is 2.11. The van der Waals surface area contributed by atoms with Gasteiger partial charge in [-0.05, 0) is 24.1 Å². The molecule has 0 fully saturated rings. The maximum Gasteiger partial charge on any atom is 0.244 e. The summed E-state index contributed by atoms with van der Waals surface area (Å²) >= 11 is 0. The third kappa shape index (κ3) is 4.58. The van der Waals surface area contributed by atoms with Gasteiger partial charge < -0.3 is 10.4 Å². The molecule has 3 nitrogen and oxygen atoms in total. The number of aryl methyl sites for hydroxylation is 1. The number of amides is 1. The summed E-state index contributed by atoms with van der Waals surface area (Å²) in [5.74, 6) is -0.223. The zero-order valence-corrected chi connectivity index (χ0v) is 12.0. The summed E-state index contributed by atoms with van der Waals surface area (Å²) in [4.78, 5) is 11.9. The normalized spacial score (nSPS) is 12.3. The van der Waals surface area contributed by atoms with Crippen LogP contribution in [0.15, 0.2) is 60.7 Å². The Bertz CT molecular complexity index is 620. The molecule has 0 aliphatic heterocycles. The summed E-state index contributed by atoms with van der Waals surface area (Å²) in [6, 6.07) is 16.9. The van der Waals surface area contributed by atoms with Crippen LogP contribution in [0, 0.1) is 6.92 Å². The lowest BCUT2D eigenvalue weighted by Crippen LogP contribution is -2.29. The van der Waals surface area contributed by atoms with E-state index in [9.17, 15) is 9.90 Å². The van der Waals surface area contributed by atoms with E-state index in [2.05, 4.69) is 5.32 Å². The minimum Gasteiger partial charge on any atom is -0.394 e. The Balaban J connectivity index is 2.00. The fourth-order valence-corrected chi connectivity index (χ4v) is 2.09. The van der Waals surface area contributed by atoms with Crippen LogP contribution in [0.4, 0.5) is 0 Å². The van der Waals surface area contributed by atoms with Gasteiger partial charge in [0.1, 0.15) is 0 Å². The summed E-state index contributed by atoms with van der Waals surface area (Å²) in [6.45, 7) is 1.88. The molecule has 0 saturated carbocycles. The first-order chi connectivity index (χ1) is 10.2. The van der Waals surface area contributed by atoms with Crippen molar-refractivity contribution in [2.45, 2.75) is 13.0 Å². The largest absolute Gasteiger partial charge is 0.394 e. The van der Waals surface area contributed by atoms with Crippen molar-refractivity contribution in [3.8, 4) is 0 Å². The second-order valence-corrected chi connectivity index (χ2v) is 4.90. The number of aliphatic hydroxyl groups excluding tert-OH is 1. The van der Waals surface area contributed by atoms with Crippen molar-refractivity contribution >= 4 is 12.0 Å². The van der Waals surface area contributed by atoms with Crippen molar-refractivity contribution in [2.24, 2.45) is 0 Å². The van der Waals surface area contributed by atoms with E-state index in [-0.39, 0.29) is 18.6 Å². The number of aliphatic hydroxyl groups is 1. The van der Waals surface area contributed by atoms with E-state index in [0.29, 0.717) is 0 Å². The van der Waals surface area contributed by atoms with Crippen LogP contribution in [0.2, 0.25) is 0 Å². The highest BCUT2D eigenvalue weighted by molar-refractivity contribution is 5.92. The highest BCUT2D eigenvalue weighted by atomic mass is 16.3. The molecule has 21 heavy (non-hydrogen) atoms. The van der Waals surface area contributed by atoms with Crippen molar-refractivity contribution in [1.82, 2.24) is 5.32 Å². The lowest BCUT2D eigenvalue weighted by Gasteiger charge is -2.15. The molecule has 108 valence electrons. The fraction of sp³-hybridized carbons (Fsp3) is 0.167. The minimum absolute atomic E-state index is 0.131. The molecule has 3 heteroatoms. The summed E-state index contributed by atoms with van der Waals surface area (Å²) < 4.78 is 0. The van der Waals surface area contributed by atoms with E-state index < -0.39 is 0 Å². The van der Waals surface area contributed by atoms with Gasteiger partial charge >= 0.3 is 0 Å². The first-order valence-electron chi connectivity index (χ1n) is 6.90. The topological polar surface area (TPSA) is 49.3 Å². The number of carbonyl (C=O) groups is 1. The second kappa shape index (κ2) is 7.41. The van der Waals surface area contributed by atoms with Gasteiger partial charge in [0.05, 0.1) is 12.6 Å². The number of nitrogens with one attached hydrogen (secondary N) is 1. The Morgan fingerprint density at radius 2 is 1.95 bits per heavy atom. The Hall–Kier alpha value is -2.39. The maximum absolute atomic E-state index is 11.9. The molecule has 0 saturated heterocycles. The van der Waals surface area contributed by atoms with Gasteiger partial charge in [-0.15, -0.1) is 0 Å². The molecule has 0 spiro atoms. The fourth-order valence-electron chi connectivity index (χ4n) is 2.09. The maximum atomic E-state index is 11.9.